The number of pyridine rings is 1. The fourth-order valence-corrected chi connectivity index (χ4v) is 2.24. The van der Waals surface area contributed by atoms with Crippen LogP contribution in [-0.4, -0.2) is 4.98 Å². The molecule has 6 heteroatoms. The molecule has 0 amide bonds. The molecule has 1 heterocycles. The molecule has 0 radical (unpaired) electrons. The minimum atomic E-state index is -4.51. The predicted molar refractivity (Wildman–Crippen MR) is 86.5 cm³/mol. The van der Waals surface area contributed by atoms with Crippen molar-refractivity contribution >= 4 is 0 Å². The van der Waals surface area contributed by atoms with Crippen LogP contribution in [0, 0.1) is 0 Å². The average molecular weight is 338 g/mol. The number of hydrogen-bond acceptors (Lipinski definition) is 3. The smallest absolute Gasteiger partial charge is 0.433 e. The molecule has 0 spiro atoms. The van der Waals surface area contributed by atoms with Crippen molar-refractivity contribution in [2.75, 3.05) is 0 Å². The summed E-state index contributed by atoms with van der Waals surface area (Å²) in [6.07, 6.45) is -1.23. The maximum Gasteiger partial charge on any atom is 0.433 e. The molecular weight excluding hydrogens is 317 g/mol. The van der Waals surface area contributed by atoms with Gasteiger partial charge in [-0.25, -0.2) is 4.98 Å². The van der Waals surface area contributed by atoms with Crippen LogP contribution in [0.15, 0.2) is 36.4 Å². The molecule has 130 valence electrons. The third-order valence-electron chi connectivity index (χ3n) is 3.67. The molecule has 2 N–H and O–H groups in total. The Balaban J connectivity index is 2.07. The van der Waals surface area contributed by atoms with E-state index in [0.717, 1.165) is 30.9 Å². The van der Waals surface area contributed by atoms with Gasteiger partial charge in [-0.1, -0.05) is 43.7 Å². The first-order chi connectivity index (χ1) is 11.4. The standard InChI is InChI=1S/C18H21F3N2O/c1-2-3-4-13-5-7-14(8-6-13)12-24-17-15(11-22)9-10-16(23-17)18(19,20)21/h5-10H,2-4,11-12,22H2,1H3. The highest BCUT2D eigenvalue weighted by Gasteiger charge is 2.33. The van der Waals surface area contributed by atoms with Crippen LogP contribution in [0.3, 0.4) is 0 Å². The van der Waals surface area contributed by atoms with E-state index in [2.05, 4.69) is 11.9 Å². The molecule has 3 nitrogen and oxygen atoms in total. The third-order valence-corrected chi connectivity index (χ3v) is 3.67. The van der Waals surface area contributed by atoms with Crippen LogP contribution in [0.2, 0.25) is 0 Å². The molecule has 2 rings (SSSR count). The lowest BCUT2D eigenvalue weighted by molar-refractivity contribution is -0.141. The summed E-state index contributed by atoms with van der Waals surface area (Å²) in [4.78, 5) is 3.56. The molecule has 0 bridgehead atoms. The summed E-state index contributed by atoms with van der Waals surface area (Å²) >= 11 is 0. The Morgan fingerprint density at radius 1 is 1.04 bits per heavy atom. The maximum atomic E-state index is 12.8. The lowest BCUT2D eigenvalue weighted by Gasteiger charge is -2.13. The molecule has 0 aliphatic carbocycles. The van der Waals surface area contributed by atoms with Gasteiger partial charge in [0.1, 0.15) is 12.3 Å². The van der Waals surface area contributed by atoms with Gasteiger partial charge >= 0.3 is 6.18 Å². The minimum Gasteiger partial charge on any atom is -0.473 e. The molecular formula is C18H21F3N2O. The van der Waals surface area contributed by atoms with Gasteiger partial charge in [-0.05, 0) is 30.0 Å². The van der Waals surface area contributed by atoms with Crippen molar-refractivity contribution in [3.63, 3.8) is 0 Å². The first-order valence-corrected chi connectivity index (χ1v) is 7.92. The number of nitrogens with two attached hydrogens (primary N) is 1. The molecule has 0 fully saturated rings. The van der Waals surface area contributed by atoms with Crippen LogP contribution in [0.1, 0.15) is 42.1 Å². The van der Waals surface area contributed by atoms with Crippen LogP contribution in [0.5, 0.6) is 5.88 Å². The second-order valence-corrected chi connectivity index (χ2v) is 5.57. The van der Waals surface area contributed by atoms with E-state index in [4.69, 9.17) is 10.5 Å². The molecule has 0 unspecified atom stereocenters. The van der Waals surface area contributed by atoms with Crippen molar-refractivity contribution < 1.29 is 17.9 Å². The Bertz CT molecular complexity index is 654. The van der Waals surface area contributed by atoms with Crippen molar-refractivity contribution in [1.82, 2.24) is 4.98 Å². The number of benzene rings is 1. The van der Waals surface area contributed by atoms with E-state index < -0.39 is 11.9 Å². The molecule has 24 heavy (non-hydrogen) atoms. The summed E-state index contributed by atoms with van der Waals surface area (Å²) < 4.78 is 43.8. The van der Waals surface area contributed by atoms with E-state index in [0.29, 0.717) is 5.56 Å². The number of nitrogens with zero attached hydrogens (tertiary/aromatic N) is 1. The van der Waals surface area contributed by atoms with Gasteiger partial charge in [0.15, 0.2) is 0 Å². The van der Waals surface area contributed by atoms with Gasteiger partial charge in [0.2, 0.25) is 5.88 Å². The molecule has 2 aromatic rings. The zero-order valence-corrected chi connectivity index (χ0v) is 13.6. The summed E-state index contributed by atoms with van der Waals surface area (Å²) in [6.45, 7) is 2.35. The summed E-state index contributed by atoms with van der Waals surface area (Å²) in [5.41, 5.74) is 7.12. The highest BCUT2D eigenvalue weighted by atomic mass is 19.4. The zero-order valence-electron chi connectivity index (χ0n) is 13.6. The Labute approximate surface area is 139 Å². The highest BCUT2D eigenvalue weighted by Crippen LogP contribution is 2.30. The van der Waals surface area contributed by atoms with Gasteiger partial charge in [-0.15, -0.1) is 0 Å². The molecule has 0 saturated heterocycles. The summed E-state index contributed by atoms with van der Waals surface area (Å²) in [7, 11) is 0. The van der Waals surface area contributed by atoms with Crippen molar-refractivity contribution in [2.45, 2.75) is 45.5 Å². The van der Waals surface area contributed by atoms with E-state index >= 15 is 0 Å². The van der Waals surface area contributed by atoms with Gasteiger partial charge in [0.25, 0.3) is 0 Å². The van der Waals surface area contributed by atoms with Crippen LogP contribution in [-0.2, 0) is 25.7 Å². The number of unbranched alkanes of at least 4 members (excludes halogenated alkanes) is 1. The fraction of sp³-hybridized carbons (Fsp3) is 0.389. The van der Waals surface area contributed by atoms with Gasteiger partial charge in [-0.2, -0.15) is 13.2 Å². The molecule has 0 saturated carbocycles. The summed E-state index contributed by atoms with van der Waals surface area (Å²) in [5.74, 6) is -0.0672. The van der Waals surface area contributed by atoms with Crippen molar-refractivity contribution in [3.05, 3.63) is 58.8 Å². The van der Waals surface area contributed by atoms with Gasteiger partial charge in [0, 0.05) is 12.1 Å². The Hall–Kier alpha value is -2.08. The average Bonchev–Trinajstić information content (AvgIpc) is 2.58. The molecule has 1 aromatic heterocycles. The van der Waals surface area contributed by atoms with Gasteiger partial charge in [0.05, 0.1) is 0 Å². The van der Waals surface area contributed by atoms with E-state index in [9.17, 15) is 13.2 Å². The first-order valence-electron chi connectivity index (χ1n) is 7.92. The summed E-state index contributed by atoms with van der Waals surface area (Å²) in [5, 5.41) is 0. The number of aromatic nitrogens is 1. The number of alkyl halides is 3. The second-order valence-electron chi connectivity index (χ2n) is 5.57. The predicted octanol–water partition coefficient (Wildman–Crippen LogP) is 4.48. The lowest BCUT2D eigenvalue weighted by atomic mass is 10.1. The highest BCUT2D eigenvalue weighted by molar-refractivity contribution is 5.30. The lowest BCUT2D eigenvalue weighted by Crippen LogP contribution is -2.12. The van der Waals surface area contributed by atoms with Crippen molar-refractivity contribution in [2.24, 2.45) is 5.73 Å². The van der Waals surface area contributed by atoms with Crippen LogP contribution in [0.25, 0.3) is 0 Å². The van der Waals surface area contributed by atoms with E-state index in [1.165, 1.54) is 11.6 Å². The third kappa shape index (κ3) is 4.96. The molecule has 0 aliphatic heterocycles. The fourth-order valence-electron chi connectivity index (χ4n) is 2.24. The Kier molecular flexibility index (Phi) is 6.20. The van der Waals surface area contributed by atoms with E-state index in [1.807, 2.05) is 24.3 Å². The number of halogens is 3. The Morgan fingerprint density at radius 3 is 2.29 bits per heavy atom. The number of ether oxygens (including phenoxy) is 1. The van der Waals surface area contributed by atoms with E-state index in [1.54, 1.807) is 0 Å². The molecule has 0 aliphatic rings. The first kappa shape index (κ1) is 18.3. The Morgan fingerprint density at radius 2 is 1.71 bits per heavy atom. The van der Waals surface area contributed by atoms with Gasteiger partial charge in [-0.3, -0.25) is 0 Å². The summed E-state index contributed by atoms with van der Waals surface area (Å²) in [6, 6.07) is 10.1. The zero-order chi connectivity index (χ0) is 17.6. The second kappa shape index (κ2) is 8.15. The van der Waals surface area contributed by atoms with Crippen LogP contribution < -0.4 is 10.5 Å². The monoisotopic (exact) mass is 338 g/mol. The molecule has 0 atom stereocenters. The SMILES string of the molecule is CCCCc1ccc(COc2nc(C(F)(F)F)ccc2CN)cc1. The van der Waals surface area contributed by atoms with Crippen molar-refractivity contribution in [3.8, 4) is 5.88 Å². The number of hydrogen-bond donors (Lipinski definition) is 1. The maximum absolute atomic E-state index is 12.8. The minimum absolute atomic E-state index is 0.0659. The molecule has 1 aromatic carbocycles. The number of aryl methyl sites for hydroxylation is 1. The van der Waals surface area contributed by atoms with Crippen LogP contribution in [0.4, 0.5) is 13.2 Å². The topological polar surface area (TPSA) is 48.1 Å². The van der Waals surface area contributed by atoms with E-state index in [-0.39, 0.29) is 19.0 Å². The van der Waals surface area contributed by atoms with Crippen LogP contribution >= 0.6 is 0 Å². The quantitative estimate of drug-likeness (QED) is 0.810. The largest absolute Gasteiger partial charge is 0.473 e. The number of rotatable bonds is 7. The normalized spacial score (nSPS) is 11.5. The van der Waals surface area contributed by atoms with Crippen molar-refractivity contribution in [1.29, 1.82) is 0 Å². The van der Waals surface area contributed by atoms with Gasteiger partial charge < -0.3 is 10.5 Å².